The minimum atomic E-state index is -4.79. The van der Waals surface area contributed by atoms with Gasteiger partial charge in [-0.1, -0.05) is 0 Å². The summed E-state index contributed by atoms with van der Waals surface area (Å²) in [5.41, 5.74) is -3.41. The van der Waals surface area contributed by atoms with Crippen LogP contribution < -0.4 is 0 Å². The maximum absolute atomic E-state index is 12.6. The van der Waals surface area contributed by atoms with Gasteiger partial charge in [-0.15, -0.1) is 0 Å². The van der Waals surface area contributed by atoms with Gasteiger partial charge in [-0.3, -0.25) is 19.7 Å². The number of nitrogens with zero attached hydrogens (tertiary/aromatic N) is 1. The minimum absolute atomic E-state index is 0.138. The Morgan fingerprint density at radius 1 is 1.35 bits per heavy atom. The first-order valence-corrected chi connectivity index (χ1v) is 6.32. The third-order valence-electron chi connectivity index (χ3n) is 2.76. The predicted molar refractivity (Wildman–Crippen MR) is 72.8 cm³/mol. The van der Waals surface area contributed by atoms with Gasteiger partial charge in [0.2, 0.25) is 5.78 Å². The Morgan fingerprint density at radius 3 is 2.39 bits per heavy atom. The van der Waals surface area contributed by atoms with Crippen molar-refractivity contribution in [2.75, 3.05) is 6.61 Å². The molecule has 0 saturated carbocycles. The fraction of sp³-hybridized carbons (Fsp3) is 0.286. The van der Waals surface area contributed by atoms with E-state index in [4.69, 9.17) is 4.74 Å². The number of carbonyl (C=O) groups excluding carboxylic acids is 2. The number of rotatable bonds is 6. The first-order valence-electron chi connectivity index (χ1n) is 6.32. The first-order chi connectivity index (χ1) is 10.6. The molecule has 0 radical (unpaired) electrons. The lowest BCUT2D eigenvalue weighted by atomic mass is 9.98. The monoisotopic (exact) mass is 331 g/mol. The van der Waals surface area contributed by atoms with E-state index < -0.39 is 45.1 Å². The number of nitro benzene ring substituents is 1. The van der Waals surface area contributed by atoms with E-state index in [0.717, 1.165) is 13.2 Å². The zero-order valence-corrected chi connectivity index (χ0v) is 12.1. The maximum atomic E-state index is 12.6. The van der Waals surface area contributed by atoms with Crippen molar-refractivity contribution in [2.45, 2.75) is 20.0 Å². The summed E-state index contributed by atoms with van der Waals surface area (Å²) in [6.07, 6.45) is -3.96. The molecular weight excluding hydrogens is 319 g/mol. The van der Waals surface area contributed by atoms with Crippen molar-refractivity contribution in [2.24, 2.45) is 0 Å². The molecule has 0 aliphatic rings. The minimum Gasteiger partial charge on any atom is -0.501 e. The molecule has 1 aromatic rings. The van der Waals surface area contributed by atoms with E-state index >= 15 is 0 Å². The van der Waals surface area contributed by atoms with Crippen LogP contribution in [0, 0.1) is 10.1 Å². The summed E-state index contributed by atoms with van der Waals surface area (Å²) in [6.45, 7) is 2.76. The van der Waals surface area contributed by atoms with Crippen molar-refractivity contribution in [1.82, 2.24) is 0 Å². The van der Waals surface area contributed by atoms with Gasteiger partial charge in [0.15, 0.2) is 5.78 Å². The molecule has 0 spiro atoms. The van der Waals surface area contributed by atoms with Gasteiger partial charge >= 0.3 is 6.18 Å². The van der Waals surface area contributed by atoms with E-state index in [9.17, 15) is 32.9 Å². The average Bonchev–Trinajstić information content (AvgIpc) is 2.45. The highest BCUT2D eigenvalue weighted by Crippen LogP contribution is 2.33. The van der Waals surface area contributed by atoms with Crippen LogP contribution >= 0.6 is 0 Å². The van der Waals surface area contributed by atoms with E-state index in [-0.39, 0.29) is 12.7 Å². The van der Waals surface area contributed by atoms with Crippen LogP contribution in [0.15, 0.2) is 30.0 Å². The van der Waals surface area contributed by atoms with Gasteiger partial charge in [-0.25, -0.2) is 0 Å². The number of hydrogen-bond acceptors (Lipinski definition) is 5. The van der Waals surface area contributed by atoms with Gasteiger partial charge in [-0.2, -0.15) is 13.2 Å². The number of ketones is 2. The largest absolute Gasteiger partial charge is 0.501 e. The molecule has 0 bridgehead atoms. The van der Waals surface area contributed by atoms with Crippen LogP contribution in [-0.4, -0.2) is 23.1 Å². The predicted octanol–water partition coefficient (Wildman–Crippen LogP) is 3.31. The SMILES string of the molecule is CCO/C=C(/C(C)=O)C(=O)c1ccc(C(F)(F)F)cc1[N+](=O)[O-]. The molecule has 0 aromatic heterocycles. The summed E-state index contributed by atoms with van der Waals surface area (Å²) in [5.74, 6) is -1.80. The number of Topliss-reactive ketones (excluding diaryl/α,β-unsaturated/α-hetero) is 2. The molecule has 6 nitrogen and oxygen atoms in total. The molecule has 9 heteroatoms. The number of allylic oxidation sites excluding steroid dienone is 1. The molecule has 0 aliphatic carbocycles. The van der Waals surface area contributed by atoms with Crippen LogP contribution in [0.5, 0.6) is 0 Å². The fourth-order valence-corrected chi connectivity index (χ4v) is 1.66. The summed E-state index contributed by atoms with van der Waals surface area (Å²) in [6, 6.07) is 1.47. The van der Waals surface area contributed by atoms with E-state index in [1.165, 1.54) is 0 Å². The summed E-state index contributed by atoms with van der Waals surface area (Å²) < 4.78 is 42.7. The van der Waals surface area contributed by atoms with Gasteiger partial charge in [0.05, 0.1) is 28.9 Å². The number of benzene rings is 1. The molecule has 23 heavy (non-hydrogen) atoms. The second-order valence-corrected chi connectivity index (χ2v) is 4.36. The number of ether oxygens (including phenoxy) is 1. The normalized spacial score (nSPS) is 12.0. The Hall–Kier alpha value is -2.71. The third kappa shape index (κ3) is 4.38. The van der Waals surface area contributed by atoms with Crippen molar-refractivity contribution >= 4 is 17.3 Å². The molecule has 0 aliphatic heterocycles. The lowest BCUT2D eigenvalue weighted by Crippen LogP contribution is -2.14. The Kier molecular flexibility index (Phi) is 5.61. The molecule has 0 atom stereocenters. The van der Waals surface area contributed by atoms with Crippen LogP contribution in [0.25, 0.3) is 0 Å². The molecule has 124 valence electrons. The molecule has 0 unspecified atom stereocenters. The fourth-order valence-electron chi connectivity index (χ4n) is 1.66. The highest BCUT2D eigenvalue weighted by molar-refractivity contribution is 6.26. The standard InChI is InChI=1S/C14H12F3NO5/c1-3-23-7-11(8(2)19)13(20)10-5-4-9(14(15,16)17)6-12(10)18(21)22/h4-7H,3H2,1-2H3/b11-7-. The molecule has 1 rings (SSSR count). The van der Waals surface area contributed by atoms with Crippen molar-refractivity contribution in [3.05, 3.63) is 51.3 Å². The molecule has 0 fully saturated rings. The summed E-state index contributed by atoms with van der Waals surface area (Å²) in [5, 5.41) is 11.0. The highest BCUT2D eigenvalue weighted by atomic mass is 19.4. The summed E-state index contributed by atoms with van der Waals surface area (Å²) in [7, 11) is 0. The van der Waals surface area contributed by atoms with Gasteiger partial charge in [0.1, 0.15) is 5.56 Å². The Balaban J connectivity index is 3.44. The zero-order chi connectivity index (χ0) is 17.8. The van der Waals surface area contributed by atoms with Gasteiger partial charge < -0.3 is 4.74 Å². The van der Waals surface area contributed by atoms with E-state index in [1.807, 2.05) is 0 Å². The quantitative estimate of drug-likeness (QED) is 0.152. The smallest absolute Gasteiger partial charge is 0.416 e. The Bertz CT molecular complexity index is 679. The lowest BCUT2D eigenvalue weighted by molar-refractivity contribution is -0.385. The molecular formula is C14H12F3NO5. The highest BCUT2D eigenvalue weighted by Gasteiger charge is 2.34. The number of carbonyl (C=O) groups is 2. The van der Waals surface area contributed by atoms with Crippen molar-refractivity contribution in [3.8, 4) is 0 Å². The topological polar surface area (TPSA) is 86.5 Å². The number of halogens is 3. The number of alkyl halides is 3. The second-order valence-electron chi connectivity index (χ2n) is 4.36. The van der Waals surface area contributed by atoms with Gasteiger partial charge in [0, 0.05) is 6.07 Å². The van der Waals surface area contributed by atoms with Gasteiger partial charge in [-0.05, 0) is 26.0 Å². The van der Waals surface area contributed by atoms with E-state index in [0.29, 0.717) is 12.1 Å². The zero-order valence-electron chi connectivity index (χ0n) is 12.1. The van der Waals surface area contributed by atoms with Crippen LogP contribution in [0.2, 0.25) is 0 Å². The van der Waals surface area contributed by atoms with Crippen LogP contribution in [0.4, 0.5) is 18.9 Å². The van der Waals surface area contributed by atoms with Gasteiger partial charge in [0.25, 0.3) is 5.69 Å². The molecule has 0 N–H and O–H groups in total. The lowest BCUT2D eigenvalue weighted by Gasteiger charge is -2.09. The molecule has 0 saturated heterocycles. The number of hydrogen-bond donors (Lipinski definition) is 0. The first kappa shape index (κ1) is 18.3. The number of nitro groups is 1. The Labute approximate surface area is 128 Å². The van der Waals surface area contributed by atoms with E-state index in [2.05, 4.69) is 0 Å². The Morgan fingerprint density at radius 2 is 1.96 bits per heavy atom. The van der Waals surface area contributed by atoms with E-state index in [1.54, 1.807) is 6.92 Å². The van der Waals surface area contributed by atoms with Crippen LogP contribution in [0.1, 0.15) is 29.8 Å². The summed E-state index contributed by atoms with van der Waals surface area (Å²) in [4.78, 5) is 33.5. The summed E-state index contributed by atoms with van der Waals surface area (Å²) >= 11 is 0. The maximum Gasteiger partial charge on any atom is 0.416 e. The molecule has 1 aromatic carbocycles. The van der Waals surface area contributed by atoms with Crippen LogP contribution in [0.3, 0.4) is 0 Å². The van der Waals surface area contributed by atoms with Crippen LogP contribution in [-0.2, 0) is 15.7 Å². The third-order valence-corrected chi connectivity index (χ3v) is 2.76. The second kappa shape index (κ2) is 7.03. The van der Waals surface area contributed by atoms with Crippen molar-refractivity contribution in [1.29, 1.82) is 0 Å². The average molecular weight is 331 g/mol. The molecule has 0 heterocycles. The van der Waals surface area contributed by atoms with Crippen molar-refractivity contribution < 1.29 is 32.4 Å². The van der Waals surface area contributed by atoms with Crippen molar-refractivity contribution in [3.63, 3.8) is 0 Å². The molecule has 0 amide bonds.